The van der Waals surface area contributed by atoms with Crippen LogP contribution < -0.4 is 37.9 Å². The number of hydrogen-bond acceptors (Lipinski definition) is 16. The molecule has 6 aromatic carbocycles. The minimum absolute atomic E-state index is 0. The SMILES string of the molecule is C.C.C.C.C.C.C.C.C.C.C=CCOc1ccc(C(=O)Oc2ccc(OC(=O)c3ccc(OCC=C)cc3)c(C(C)(C)C)c2)cc1.C=CCOc1ccc(C(=O)Oc2ccc(OC(=O)c3ccc(OCC=C)cc3)cc2)cc1.C=C[Si](C)(C)O[Si](O[Si](C)(C)C=C)(O[Si](C)(C)C=C)O[Si](C)(C)C=C. The maximum Gasteiger partial charge on any atom is 0.637 e. The first-order valence-electron chi connectivity index (χ1n) is 29.7. The highest BCUT2D eigenvalue weighted by molar-refractivity contribution is 6.95. The molecule has 572 valence electrons. The van der Waals surface area contributed by atoms with E-state index in [4.69, 9.17) is 54.4 Å². The van der Waals surface area contributed by atoms with Gasteiger partial charge in [-0.3, -0.25) is 0 Å². The van der Waals surface area contributed by atoms with Crippen LogP contribution in [0.25, 0.3) is 0 Å². The topological polar surface area (TPSA) is 179 Å². The van der Waals surface area contributed by atoms with Gasteiger partial charge in [-0.25, -0.2) is 19.2 Å². The molecule has 0 saturated carbocycles. The van der Waals surface area contributed by atoms with E-state index in [2.05, 4.69) is 105 Å². The summed E-state index contributed by atoms with van der Waals surface area (Å²) in [6.45, 7) is 54.1. The Bertz CT molecular complexity index is 3340. The highest BCUT2D eigenvalue weighted by atomic mass is 28.5. The highest BCUT2D eigenvalue weighted by Crippen LogP contribution is 2.36. The van der Waals surface area contributed by atoms with Gasteiger partial charge in [0, 0.05) is 5.56 Å². The van der Waals surface area contributed by atoms with E-state index in [9.17, 15) is 19.2 Å². The smallest absolute Gasteiger partial charge is 0.490 e. The van der Waals surface area contributed by atoms with Crippen molar-refractivity contribution in [3.8, 4) is 46.0 Å². The Hall–Kier alpha value is -8.76. The molecule has 0 fully saturated rings. The van der Waals surface area contributed by atoms with Gasteiger partial charge in [0.1, 0.15) is 72.4 Å². The molecule has 0 heterocycles. The van der Waals surface area contributed by atoms with Gasteiger partial charge in [-0.05, 0) is 197 Å². The normalized spacial score (nSPS) is 10.3. The summed E-state index contributed by atoms with van der Waals surface area (Å²) in [5.74, 6) is 1.89. The molecular weight excluding hydrogens is 1380 g/mol. The van der Waals surface area contributed by atoms with Crippen molar-refractivity contribution in [2.75, 3.05) is 26.4 Å². The van der Waals surface area contributed by atoms with E-state index in [0.717, 1.165) is 5.56 Å². The van der Waals surface area contributed by atoms with Crippen LogP contribution >= 0.6 is 0 Å². The zero-order chi connectivity index (χ0) is 69.0. The third-order valence-electron chi connectivity index (χ3n) is 12.8. The molecule has 0 N–H and O–H groups in total. The Morgan fingerprint density at radius 1 is 0.311 bits per heavy atom. The fourth-order valence-corrected chi connectivity index (χ4v) is 22.3. The van der Waals surface area contributed by atoms with Crippen molar-refractivity contribution in [2.24, 2.45) is 0 Å². The second-order valence-electron chi connectivity index (χ2n) is 23.6. The summed E-state index contributed by atoms with van der Waals surface area (Å²) in [6, 6.07) is 37.7. The Morgan fingerprint density at radius 3 is 0.728 bits per heavy atom. The first kappa shape index (κ1) is 108. The standard InChI is InChI=1S/C30H30O6.C26H22O6.C16H36O4Si5.10CH4/c1-6-18-33-23-12-8-21(9-13-23)28(31)35-25-16-17-27(26(20-25)30(3,4)5)36-29(32)22-10-14-24(15-11-22)34-19-7-2;1-3-17-29-21-9-5-19(6-10-21)25(27)31-23-13-15-24(16-14-23)32-26(28)20-7-11-22(12-8-20)30-18-4-2;1-13-21(5,6)17-25(18-22(7,8)14-2,19-23(9,10)15-3)20-24(11,12)16-4;;;;;;;;;;/h6-17,20H,1-2,18-19H2,3-5H3;3-16H,1-2,17-18H2;13-16H,1-4H2,5-12H3;10*1H4. The average Bonchev–Trinajstić information content (AvgIpc) is 0.792. The van der Waals surface area contributed by atoms with E-state index in [1.807, 2.05) is 43.6 Å². The summed E-state index contributed by atoms with van der Waals surface area (Å²) in [7, 11) is -12.4. The van der Waals surface area contributed by atoms with Crippen LogP contribution in [0.15, 0.2) is 239 Å². The number of esters is 4. The average molecular weight is 1510 g/mol. The first-order chi connectivity index (χ1) is 43.9. The van der Waals surface area contributed by atoms with Crippen LogP contribution in [-0.4, -0.2) is 92.6 Å². The molecule has 0 aliphatic heterocycles. The van der Waals surface area contributed by atoms with E-state index in [1.165, 1.54) is 0 Å². The Morgan fingerprint density at radius 2 is 0.515 bits per heavy atom. The maximum absolute atomic E-state index is 12.8. The third-order valence-corrected chi connectivity index (χ3v) is 29.1. The zero-order valence-corrected chi connectivity index (χ0v) is 60.4. The number of rotatable bonds is 32. The number of carbonyl (C=O) groups excluding carboxylic acids is 4. The van der Waals surface area contributed by atoms with Gasteiger partial charge in [-0.2, -0.15) is 0 Å². The van der Waals surface area contributed by atoms with Gasteiger partial charge in [0.15, 0.2) is 0 Å². The van der Waals surface area contributed by atoms with E-state index in [1.54, 1.807) is 164 Å². The molecule has 21 heteroatoms. The van der Waals surface area contributed by atoms with Crippen molar-refractivity contribution in [1.29, 1.82) is 0 Å². The van der Waals surface area contributed by atoms with Gasteiger partial charge in [-0.1, -0.05) is 168 Å². The van der Waals surface area contributed by atoms with Crippen molar-refractivity contribution in [3.05, 3.63) is 267 Å². The molecule has 0 atom stereocenters. The molecule has 0 aliphatic carbocycles. The lowest BCUT2D eigenvalue weighted by molar-refractivity contribution is 0.0716. The monoisotopic (exact) mass is 1510 g/mol. The molecule has 0 saturated heterocycles. The third kappa shape index (κ3) is 37.3. The lowest BCUT2D eigenvalue weighted by Crippen LogP contribution is -2.66. The summed E-state index contributed by atoms with van der Waals surface area (Å²) < 4.78 is 69.8. The van der Waals surface area contributed by atoms with Crippen molar-refractivity contribution in [1.82, 2.24) is 0 Å². The number of benzene rings is 6. The Balaban J connectivity index is -0.000000260. The predicted molar refractivity (Wildman–Crippen MR) is 448 cm³/mol. The van der Waals surface area contributed by atoms with Gasteiger partial charge in [0.2, 0.25) is 33.3 Å². The van der Waals surface area contributed by atoms with Crippen molar-refractivity contribution < 1.29 is 73.5 Å². The molecule has 103 heavy (non-hydrogen) atoms. The van der Waals surface area contributed by atoms with Crippen LogP contribution in [0.4, 0.5) is 0 Å². The molecule has 6 rings (SSSR count). The summed E-state index contributed by atoms with van der Waals surface area (Å²) in [5, 5.41) is 0. The molecule has 0 bridgehead atoms. The van der Waals surface area contributed by atoms with Gasteiger partial charge in [-0.15, -0.1) is 26.3 Å². The summed E-state index contributed by atoms with van der Waals surface area (Å²) in [6.07, 6.45) is 6.57. The van der Waals surface area contributed by atoms with Crippen LogP contribution in [0.3, 0.4) is 0 Å². The molecule has 0 aromatic heterocycles. The largest absolute Gasteiger partial charge is 0.637 e. The number of hydrogen-bond donors (Lipinski definition) is 0. The van der Waals surface area contributed by atoms with Crippen LogP contribution in [0.5, 0.6) is 46.0 Å². The zero-order valence-electron chi connectivity index (χ0n) is 55.4. The first-order valence-corrected chi connectivity index (χ1v) is 43.3. The van der Waals surface area contributed by atoms with E-state index >= 15 is 0 Å². The molecule has 16 nitrogen and oxygen atoms in total. The molecule has 0 spiro atoms. The second kappa shape index (κ2) is 50.6. The van der Waals surface area contributed by atoms with Crippen LogP contribution in [0, 0.1) is 0 Å². The molecule has 0 amide bonds. The summed E-state index contributed by atoms with van der Waals surface area (Å²) in [4.78, 5) is 50.0. The molecular formula is C82H128O16Si5. The predicted octanol–water partition coefficient (Wildman–Crippen LogP) is 23.4. The molecule has 0 unspecified atom stereocenters. The van der Waals surface area contributed by atoms with Gasteiger partial charge in [0.25, 0.3) is 0 Å². The fraction of sp³-hybridized carbons (Fsp3) is 0.317. The maximum atomic E-state index is 12.8. The Kier molecular flexibility index (Phi) is 52.9. The quantitative estimate of drug-likeness (QED) is 0.0168. The molecule has 0 aliphatic rings. The molecule has 6 aromatic rings. The van der Waals surface area contributed by atoms with E-state index in [-0.39, 0.29) is 79.7 Å². The second-order valence-corrected chi connectivity index (χ2v) is 42.3. The summed E-state index contributed by atoms with van der Waals surface area (Å²) in [5.41, 5.74) is 9.36. The van der Waals surface area contributed by atoms with Crippen molar-refractivity contribution >= 4 is 66.2 Å². The fourth-order valence-electron chi connectivity index (χ4n) is 7.43. The number of ether oxygens (including phenoxy) is 8. The minimum Gasteiger partial charge on any atom is -0.490 e. The van der Waals surface area contributed by atoms with E-state index < -0.39 is 66.2 Å². The number of carbonyl (C=O) groups is 4. The van der Waals surface area contributed by atoms with Crippen LogP contribution in [0.2, 0.25) is 52.4 Å². The minimum atomic E-state index is -3.46. The lowest BCUT2D eigenvalue weighted by Gasteiger charge is -2.44. The van der Waals surface area contributed by atoms with Crippen molar-refractivity contribution in [3.63, 3.8) is 0 Å². The van der Waals surface area contributed by atoms with Crippen LogP contribution in [0.1, 0.15) is 142 Å². The van der Waals surface area contributed by atoms with Crippen molar-refractivity contribution in [2.45, 2.75) is 153 Å². The Labute approximate surface area is 628 Å². The summed E-state index contributed by atoms with van der Waals surface area (Å²) >= 11 is 0. The molecule has 0 radical (unpaired) electrons. The van der Waals surface area contributed by atoms with Gasteiger partial charge < -0.3 is 54.4 Å². The van der Waals surface area contributed by atoms with Gasteiger partial charge >= 0.3 is 32.9 Å². The van der Waals surface area contributed by atoms with Gasteiger partial charge in [0.05, 0.1) is 22.3 Å². The lowest BCUT2D eigenvalue weighted by atomic mass is 9.86. The highest BCUT2D eigenvalue weighted by Gasteiger charge is 2.57. The van der Waals surface area contributed by atoms with Crippen LogP contribution in [-0.2, 0) is 21.9 Å². The van der Waals surface area contributed by atoms with E-state index in [0.29, 0.717) is 94.7 Å².